The fourth-order valence-corrected chi connectivity index (χ4v) is 2.57. The van der Waals surface area contributed by atoms with Gasteiger partial charge in [-0.05, 0) is 24.5 Å². The number of amides is 2. The lowest BCUT2D eigenvalue weighted by atomic mass is 10.0. The average molecular weight is 230 g/mol. The summed E-state index contributed by atoms with van der Waals surface area (Å²) in [5.74, 6) is 0. The van der Waals surface area contributed by atoms with E-state index >= 15 is 0 Å². The first-order valence-corrected chi connectivity index (χ1v) is 6.13. The third kappa shape index (κ3) is 2.00. The molecule has 3 rings (SSSR count). The summed E-state index contributed by atoms with van der Waals surface area (Å²) in [5.41, 5.74) is 2.16. The van der Waals surface area contributed by atoms with E-state index in [1.54, 1.807) is 0 Å². The highest BCUT2D eigenvalue weighted by Crippen LogP contribution is 2.26. The Hall–Kier alpha value is -1.55. The van der Waals surface area contributed by atoms with Crippen molar-refractivity contribution in [3.8, 4) is 0 Å². The number of rotatable bonds is 1. The second-order valence-electron chi connectivity index (χ2n) is 4.62. The number of anilines is 1. The van der Waals surface area contributed by atoms with Crippen LogP contribution in [0.4, 0.5) is 10.5 Å². The molecular formula is C13H16N3O. The number of hydrogen-bond acceptors (Lipinski definition) is 1. The van der Waals surface area contributed by atoms with Crippen LogP contribution in [0.2, 0.25) is 0 Å². The van der Waals surface area contributed by atoms with Crippen LogP contribution in [0.3, 0.4) is 0 Å². The monoisotopic (exact) mass is 230 g/mol. The van der Waals surface area contributed by atoms with Crippen LogP contribution in [0.5, 0.6) is 0 Å². The first kappa shape index (κ1) is 10.6. The molecule has 0 atom stereocenters. The second kappa shape index (κ2) is 4.37. The zero-order chi connectivity index (χ0) is 11.7. The molecule has 1 saturated heterocycles. The van der Waals surface area contributed by atoms with Gasteiger partial charge in [0.15, 0.2) is 0 Å². The molecule has 1 radical (unpaired) electrons. The molecule has 1 aromatic carbocycles. The Morgan fingerprint density at radius 3 is 2.82 bits per heavy atom. The normalized spacial score (nSPS) is 20.9. The van der Waals surface area contributed by atoms with E-state index in [1.165, 1.54) is 5.56 Å². The van der Waals surface area contributed by atoms with Gasteiger partial charge in [-0.2, -0.15) is 0 Å². The van der Waals surface area contributed by atoms with Crippen molar-refractivity contribution >= 4 is 11.7 Å². The van der Waals surface area contributed by atoms with Crippen LogP contribution in [0, 0.1) is 0 Å². The van der Waals surface area contributed by atoms with Gasteiger partial charge < -0.3 is 10.2 Å². The SMILES string of the molecule is O=C1Nc2ccccc2CN1C1CC[N]CC1. The number of piperidine rings is 1. The van der Waals surface area contributed by atoms with Gasteiger partial charge in [-0.1, -0.05) is 18.2 Å². The Balaban J connectivity index is 1.81. The Labute approximate surface area is 101 Å². The van der Waals surface area contributed by atoms with E-state index in [1.807, 2.05) is 23.1 Å². The van der Waals surface area contributed by atoms with Gasteiger partial charge in [0, 0.05) is 31.4 Å². The van der Waals surface area contributed by atoms with Crippen LogP contribution in [-0.4, -0.2) is 30.1 Å². The lowest BCUT2D eigenvalue weighted by Gasteiger charge is -2.37. The largest absolute Gasteiger partial charge is 0.322 e. The molecule has 0 spiro atoms. The number of hydrogen-bond donors (Lipinski definition) is 1. The molecule has 1 aromatic rings. The molecule has 89 valence electrons. The summed E-state index contributed by atoms with van der Waals surface area (Å²) < 4.78 is 0. The van der Waals surface area contributed by atoms with E-state index in [4.69, 9.17) is 0 Å². The number of benzene rings is 1. The standard InChI is InChI=1S/C13H16N3O/c17-13-15-12-4-2-1-3-10(12)9-16(13)11-5-7-14-8-6-11/h1-4,11H,5-9H2,(H,15,17). The van der Waals surface area contributed by atoms with Gasteiger partial charge in [0.2, 0.25) is 0 Å². The molecule has 2 aliphatic heterocycles. The van der Waals surface area contributed by atoms with Crippen molar-refractivity contribution in [2.75, 3.05) is 18.4 Å². The van der Waals surface area contributed by atoms with E-state index in [0.29, 0.717) is 6.04 Å². The maximum absolute atomic E-state index is 12.0. The van der Waals surface area contributed by atoms with Crippen molar-refractivity contribution in [2.45, 2.75) is 25.4 Å². The fraction of sp³-hybridized carbons (Fsp3) is 0.462. The van der Waals surface area contributed by atoms with Crippen molar-refractivity contribution in [3.63, 3.8) is 0 Å². The Kier molecular flexibility index (Phi) is 2.73. The van der Waals surface area contributed by atoms with Gasteiger partial charge in [0.05, 0.1) is 0 Å². The molecule has 4 nitrogen and oxygen atoms in total. The third-order valence-electron chi connectivity index (χ3n) is 3.54. The summed E-state index contributed by atoms with van der Waals surface area (Å²) in [6.07, 6.45) is 1.99. The van der Waals surface area contributed by atoms with Crippen molar-refractivity contribution in [2.24, 2.45) is 0 Å². The molecule has 1 fully saturated rings. The van der Waals surface area contributed by atoms with Crippen molar-refractivity contribution < 1.29 is 4.79 Å². The van der Waals surface area contributed by atoms with Crippen molar-refractivity contribution in [1.29, 1.82) is 0 Å². The molecule has 1 N–H and O–H groups in total. The van der Waals surface area contributed by atoms with Crippen LogP contribution in [-0.2, 0) is 6.54 Å². The van der Waals surface area contributed by atoms with Crippen LogP contribution >= 0.6 is 0 Å². The molecule has 0 saturated carbocycles. The van der Waals surface area contributed by atoms with Crippen LogP contribution < -0.4 is 10.6 Å². The number of carbonyl (C=O) groups is 1. The van der Waals surface area contributed by atoms with E-state index in [9.17, 15) is 4.79 Å². The van der Waals surface area contributed by atoms with Crippen molar-refractivity contribution in [1.82, 2.24) is 10.2 Å². The van der Waals surface area contributed by atoms with Gasteiger partial charge in [0.1, 0.15) is 0 Å². The number of nitrogens with one attached hydrogen (secondary N) is 1. The minimum Gasteiger partial charge on any atom is -0.317 e. The fourth-order valence-electron chi connectivity index (χ4n) is 2.57. The molecule has 0 bridgehead atoms. The molecule has 2 heterocycles. The topological polar surface area (TPSA) is 46.4 Å². The average Bonchev–Trinajstić information content (AvgIpc) is 2.39. The maximum atomic E-state index is 12.0. The molecule has 0 aliphatic carbocycles. The number of carbonyl (C=O) groups excluding carboxylic acids is 1. The highest BCUT2D eigenvalue weighted by atomic mass is 16.2. The Bertz CT molecular complexity index is 426. The summed E-state index contributed by atoms with van der Waals surface area (Å²) in [6.45, 7) is 2.50. The van der Waals surface area contributed by atoms with Crippen LogP contribution in [0.15, 0.2) is 24.3 Å². The zero-order valence-corrected chi connectivity index (χ0v) is 9.72. The lowest BCUT2D eigenvalue weighted by Crippen LogP contribution is -2.48. The molecule has 0 unspecified atom stereocenters. The molecule has 2 aliphatic rings. The van der Waals surface area contributed by atoms with Gasteiger partial charge in [-0.15, -0.1) is 0 Å². The zero-order valence-electron chi connectivity index (χ0n) is 9.72. The predicted octanol–water partition coefficient (Wildman–Crippen LogP) is 1.80. The van der Waals surface area contributed by atoms with E-state index < -0.39 is 0 Å². The van der Waals surface area contributed by atoms with Crippen LogP contribution in [0.1, 0.15) is 18.4 Å². The minimum absolute atomic E-state index is 0.0376. The van der Waals surface area contributed by atoms with Gasteiger partial charge in [0.25, 0.3) is 0 Å². The number of nitrogens with zero attached hydrogens (tertiary/aromatic N) is 2. The minimum atomic E-state index is 0.0376. The first-order chi connectivity index (χ1) is 8.34. The third-order valence-corrected chi connectivity index (χ3v) is 3.54. The summed E-state index contributed by atoms with van der Waals surface area (Å²) >= 11 is 0. The van der Waals surface area contributed by atoms with Crippen molar-refractivity contribution in [3.05, 3.63) is 29.8 Å². The maximum Gasteiger partial charge on any atom is 0.322 e. The number of fused-ring (bicyclic) bond motifs is 1. The summed E-state index contributed by atoms with van der Waals surface area (Å²) in [5, 5.41) is 7.30. The van der Waals surface area contributed by atoms with E-state index in [-0.39, 0.29) is 6.03 Å². The molecule has 0 aromatic heterocycles. The Morgan fingerprint density at radius 1 is 1.24 bits per heavy atom. The van der Waals surface area contributed by atoms with Crippen LogP contribution in [0.25, 0.3) is 0 Å². The number of para-hydroxylation sites is 1. The van der Waals surface area contributed by atoms with E-state index in [2.05, 4.69) is 16.7 Å². The predicted molar refractivity (Wildman–Crippen MR) is 65.9 cm³/mol. The van der Waals surface area contributed by atoms with E-state index in [0.717, 1.165) is 38.2 Å². The second-order valence-corrected chi connectivity index (χ2v) is 4.62. The van der Waals surface area contributed by atoms with Gasteiger partial charge >= 0.3 is 6.03 Å². The quantitative estimate of drug-likeness (QED) is 0.785. The van der Waals surface area contributed by atoms with Gasteiger partial charge in [-0.25, -0.2) is 10.1 Å². The molecule has 17 heavy (non-hydrogen) atoms. The summed E-state index contributed by atoms with van der Waals surface area (Å²) in [7, 11) is 0. The van der Waals surface area contributed by atoms with Gasteiger partial charge in [-0.3, -0.25) is 0 Å². The first-order valence-electron chi connectivity index (χ1n) is 6.13. The number of urea groups is 1. The molecule has 2 amide bonds. The molecular weight excluding hydrogens is 214 g/mol. The Morgan fingerprint density at radius 2 is 2.00 bits per heavy atom. The summed E-state index contributed by atoms with van der Waals surface area (Å²) in [4.78, 5) is 14.0. The lowest BCUT2D eigenvalue weighted by molar-refractivity contribution is 0.163. The highest BCUT2D eigenvalue weighted by Gasteiger charge is 2.29. The summed E-state index contributed by atoms with van der Waals surface area (Å²) in [6, 6.07) is 8.39. The smallest absolute Gasteiger partial charge is 0.317 e. The highest BCUT2D eigenvalue weighted by molar-refractivity contribution is 5.92. The molecule has 4 heteroatoms.